The first kappa shape index (κ1) is 40.5. The first-order valence-corrected chi connectivity index (χ1v) is 18.1. The number of nitrogens with zero attached hydrogens (tertiary/aromatic N) is 1. The van der Waals surface area contributed by atoms with Crippen LogP contribution in [-0.4, -0.2) is 30.9 Å². The van der Waals surface area contributed by atoms with Crippen LogP contribution in [0.5, 0.6) is 23.0 Å². The molecule has 0 unspecified atom stereocenters. The minimum Gasteiger partial charge on any atom is -0.426 e. The van der Waals surface area contributed by atoms with Crippen molar-refractivity contribution in [3.05, 3.63) is 94.2 Å². The second-order valence-electron chi connectivity index (χ2n) is 15.7. The number of benzene rings is 4. The molecule has 0 aliphatic carbocycles. The maximum Gasteiger partial charge on any atom is 0.308 e. The number of allylic oxidation sites excluding steroid dienone is 4. The van der Waals surface area contributed by atoms with Gasteiger partial charge in [-0.2, -0.15) is 0 Å². The van der Waals surface area contributed by atoms with Gasteiger partial charge in [-0.15, -0.1) is 0 Å². The molecule has 4 aromatic rings. The van der Waals surface area contributed by atoms with Crippen LogP contribution in [0.25, 0.3) is 21.5 Å². The Balaban J connectivity index is 1.94. The number of fused-ring (bicyclic) bond motifs is 2. The number of hydrogen-bond donors (Lipinski definition) is 0. The maximum absolute atomic E-state index is 12.5. The molecule has 0 heterocycles. The second kappa shape index (κ2) is 16.2. The zero-order valence-corrected chi connectivity index (χ0v) is 34.0. The minimum atomic E-state index is -0.559. The summed E-state index contributed by atoms with van der Waals surface area (Å²) in [6, 6.07) is 15.4. The quantitative estimate of drug-likeness (QED) is 0.0662. The molecule has 0 N–H and O–H groups in total. The number of carbonyl (C=O) groups excluding carboxylic acids is 2. The molecule has 0 amide bonds. The molecule has 4 aromatic carbocycles. The molecule has 0 atom stereocenters. The molecule has 0 radical (unpaired) electrons. The third-order valence-electron chi connectivity index (χ3n) is 9.46. The van der Waals surface area contributed by atoms with Crippen molar-refractivity contribution in [3.63, 3.8) is 0 Å². The molecule has 4 rings (SSSR count). The molecule has 0 spiro atoms. The Bertz CT molecular complexity index is 2170. The zero-order chi connectivity index (χ0) is 39.4. The van der Waals surface area contributed by atoms with E-state index in [1.165, 1.54) is 19.4 Å². The van der Waals surface area contributed by atoms with Crippen LogP contribution in [-0.2, 0) is 20.4 Å². The number of hydrogen-bond acceptors (Lipinski definition) is 7. The summed E-state index contributed by atoms with van der Waals surface area (Å²) < 4.78 is 24.6. The van der Waals surface area contributed by atoms with Gasteiger partial charge in [0.25, 0.3) is 0 Å². The summed E-state index contributed by atoms with van der Waals surface area (Å²) in [5.74, 6) is 1.82. The Morgan fingerprint density at radius 1 is 0.660 bits per heavy atom. The van der Waals surface area contributed by atoms with Crippen molar-refractivity contribution in [2.45, 2.75) is 100 Å². The molecule has 0 aromatic heterocycles. The number of rotatable bonds is 11. The number of esters is 2. The maximum atomic E-state index is 12.5. The van der Waals surface area contributed by atoms with Gasteiger partial charge in [0.15, 0.2) is 23.7 Å². The van der Waals surface area contributed by atoms with Crippen LogP contribution in [0.15, 0.2) is 72.0 Å². The fourth-order valence-electron chi connectivity index (χ4n) is 7.57. The van der Waals surface area contributed by atoms with E-state index in [0.717, 1.165) is 55.9 Å². The van der Waals surface area contributed by atoms with Crippen LogP contribution in [0.2, 0.25) is 0 Å². The molecule has 0 bridgehead atoms. The van der Waals surface area contributed by atoms with Gasteiger partial charge in [-0.1, -0.05) is 108 Å². The van der Waals surface area contributed by atoms with E-state index in [2.05, 4.69) is 84.7 Å². The lowest BCUT2D eigenvalue weighted by molar-refractivity contribution is -0.132. The predicted octanol–water partition coefficient (Wildman–Crippen LogP) is 10.8. The van der Waals surface area contributed by atoms with Gasteiger partial charge in [-0.05, 0) is 40.0 Å². The van der Waals surface area contributed by atoms with E-state index < -0.39 is 22.8 Å². The van der Waals surface area contributed by atoms with Crippen molar-refractivity contribution in [1.82, 2.24) is 4.90 Å². The summed E-state index contributed by atoms with van der Waals surface area (Å²) in [5, 5.41) is 3.00. The van der Waals surface area contributed by atoms with Crippen molar-refractivity contribution < 1.29 is 28.5 Å². The molecule has 7 nitrogen and oxygen atoms in total. The van der Waals surface area contributed by atoms with Crippen molar-refractivity contribution in [1.29, 1.82) is 0 Å². The molecular weight excluding hydrogens is 663 g/mol. The Morgan fingerprint density at radius 2 is 1.06 bits per heavy atom. The van der Waals surface area contributed by atoms with Crippen molar-refractivity contribution >= 4 is 33.5 Å². The van der Waals surface area contributed by atoms with E-state index in [9.17, 15) is 9.59 Å². The largest absolute Gasteiger partial charge is 0.426 e. The van der Waals surface area contributed by atoms with Gasteiger partial charge >= 0.3 is 11.9 Å². The molecular formula is C46H55NO6. The molecule has 0 fully saturated rings. The highest BCUT2D eigenvalue weighted by molar-refractivity contribution is 5.99. The number of ether oxygens (including phenoxy) is 4. The van der Waals surface area contributed by atoms with Crippen LogP contribution < -0.4 is 18.9 Å². The van der Waals surface area contributed by atoms with Gasteiger partial charge < -0.3 is 23.8 Å². The first-order chi connectivity index (χ1) is 24.8. The van der Waals surface area contributed by atoms with Gasteiger partial charge in [-0.3, -0.25) is 9.59 Å². The smallest absolute Gasteiger partial charge is 0.308 e. The lowest BCUT2D eigenvalue weighted by Crippen LogP contribution is -2.21. The van der Waals surface area contributed by atoms with Crippen LogP contribution in [0, 0.1) is 32.0 Å². The van der Waals surface area contributed by atoms with Gasteiger partial charge in [0, 0.05) is 88.3 Å². The minimum absolute atomic E-state index is 0.395. The topological polar surface area (TPSA) is 74.3 Å². The van der Waals surface area contributed by atoms with E-state index in [4.69, 9.17) is 18.9 Å². The Morgan fingerprint density at radius 3 is 1.55 bits per heavy atom. The molecule has 280 valence electrons. The van der Waals surface area contributed by atoms with Gasteiger partial charge in [0.05, 0.1) is 0 Å². The average molecular weight is 718 g/mol. The normalized spacial score (nSPS) is 12.4. The van der Waals surface area contributed by atoms with E-state index in [-0.39, 0.29) is 0 Å². The van der Waals surface area contributed by atoms with Crippen molar-refractivity contribution in [2.24, 2.45) is 5.92 Å². The summed E-state index contributed by atoms with van der Waals surface area (Å²) >= 11 is 0. The van der Waals surface area contributed by atoms with Crippen molar-refractivity contribution in [3.8, 4) is 35.2 Å². The van der Waals surface area contributed by atoms with E-state index in [0.29, 0.717) is 28.9 Å². The Labute approximate surface area is 315 Å². The Hall–Kier alpha value is -5.22. The van der Waals surface area contributed by atoms with Crippen LogP contribution in [0.1, 0.15) is 97.9 Å². The molecule has 0 aliphatic heterocycles. The summed E-state index contributed by atoms with van der Waals surface area (Å²) in [6.45, 7) is 23.8. The third-order valence-corrected chi connectivity index (χ3v) is 9.46. The summed E-state index contributed by atoms with van der Waals surface area (Å²) in [6.07, 6.45) is 11.1. The monoisotopic (exact) mass is 717 g/mol. The third kappa shape index (κ3) is 9.06. The van der Waals surface area contributed by atoms with Crippen LogP contribution >= 0.6 is 0 Å². The van der Waals surface area contributed by atoms with Gasteiger partial charge in [-0.25, -0.2) is 0 Å². The average Bonchev–Trinajstić information content (AvgIpc) is 3.04. The lowest BCUT2D eigenvalue weighted by atomic mass is 9.77. The first-order valence-electron chi connectivity index (χ1n) is 18.1. The van der Waals surface area contributed by atoms with Gasteiger partial charge in [0.1, 0.15) is 11.5 Å². The zero-order valence-electron chi connectivity index (χ0n) is 34.0. The highest BCUT2D eigenvalue weighted by Gasteiger charge is 2.32. The standard InChI is InChI=1S/C46H55NO6/c1-28(2)25-29(3)26-45(9,10)40-31(5)41(35-19-15-18-22-38(35)44(40)53-34(8)49)50-23-24-51-43-37-21-17-16-20-36(37)42(52-33(7)48)32(6)39(43)46(11,12)27-30(4)47(13)14/h15-22,26-28H,25H2,1-14H3/b29-26+,30-27+. The SMILES string of the molecule is CC(=O)Oc1c(C)c(C(C)(C)/C=C(\C)N(C)C)c(OC#COc2c(C)c(C(C)(C)/C=C(\C)CC(C)C)c(OC(C)=O)c3ccccc23)c2ccccc12. The molecule has 0 saturated heterocycles. The van der Waals surface area contributed by atoms with Gasteiger partial charge in [0.2, 0.25) is 0 Å². The summed E-state index contributed by atoms with van der Waals surface area (Å²) in [5.41, 5.74) is 4.51. The molecule has 53 heavy (non-hydrogen) atoms. The van der Waals surface area contributed by atoms with E-state index in [1.54, 1.807) is 0 Å². The Kier molecular flexibility index (Phi) is 12.4. The van der Waals surface area contributed by atoms with Crippen LogP contribution in [0.4, 0.5) is 0 Å². The summed E-state index contributed by atoms with van der Waals surface area (Å²) in [4.78, 5) is 26.8. The summed E-state index contributed by atoms with van der Waals surface area (Å²) in [7, 11) is 4.00. The predicted molar refractivity (Wildman–Crippen MR) is 216 cm³/mol. The highest BCUT2D eigenvalue weighted by Crippen LogP contribution is 2.48. The lowest BCUT2D eigenvalue weighted by Gasteiger charge is -2.30. The van der Waals surface area contributed by atoms with E-state index in [1.807, 2.05) is 76.5 Å². The highest BCUT2D eigenvalue weighted by atomic mass is 16.5. The van der Waals surface area contributed by atoms with Crippen LogP contribution in [0.3, 0.4) is 0 Å². The fourth-order valence-corrected chi connectivity index (χ4v) is 7.57. The second-order valence-corrected chi connectivity index (χ2v) is 15.7. The van der Waals surface area contributed by atoms with E-state index >= 15 is 0 Å². The molecule has 0 saturated carbocycles. The number of carbonyl (C=O) groups is 2. The van der Waals surface area contributed by atoms with Crippen molar-refractivity contribution in [2.75, 3.05) is 14.1 Å². The molecule has 0 aliphatic rings. The fraction of sp³-hybridized carbons (Fsp3) is 0.391. The molecule has 7 heteroatoms.